The van der Waals surface area contributed by atoms with Crippen molar-refractivity contribution >= 4 is 0 Å². The SMILES string of the molecule is COc1ccc(CNCCOc2ccc(C)cc2)cc1. The maximum absolute atomic E-state index is 5.65. The van der Waals surface area contributed by atoms with Crippen molar-refractivity contribution in [2.45, 2.75) is 13.5 Å². The lowest BCUT2D eigenvalue weighted by Crippen LogP contribution is -2.20. The molecule has 0 spiro atoms. The van der Waals surface area contributed by atoms with Crippen molar-refractivity contribution in [3.05, 3.63) is 59.7 Å². The first kappa shape index (κ1) is 14.4. The van der Waals surface area contributed by atoms with Crippen LogP contribution in [0.25, 0.3) is 0 Å². The first-order valence-electron chi connectivity index (χ1n) is 6.81. The minimum absolute atomic E-state index is 0.666. The van der Waals surface area contributed by atoms with E-state index < -0.39 is 0 Å². The summed E-state index contributed by atoms with van der Waals surface area (Å²) in [4.78, 5) is 0. The second-order valence-corrected chi connectivity index (χ2v) is 4.69. The number of rotatable bonds is 7. The van der Waals surface area contributed by atoms with Crippen LogP contribution in [0.3, 0.4) is 0 Å². The van der Waals surface area contributed by atoms with Crippen molar-refractivity contribution in [1.82, 2.24) is 5.32 Å². The highest BCUT2D eigenvalue weighted by Gasteiger charge is 1.95. The van der Waals surface area contributed by atoms with Gasteiger partial charge in [0.05, 0.1) is 7.11 Å². The molecule has 2 aromatic rings. The molecule has 3 nitrogen and oxygen atoms in total. The second-order valence-electron chi connectivity index (χ2n) is 4.69. The molecule has 0 aliphatic rings. The zero-order chi connectivity index (χ0) is 14.2. The fourth-order valence-corrected chi connectivity index (χ4v) is 1.85. The lowest BCUT2D eigenvalue weighted by Gasteiger charge is -2.08. The Balaban J connectivity index is 1.64. The van der Waals surface area contributed by atoms with Gasteiger partial charge in [-0.05, 0) is 36.8 Å². The minimum Gasteiger partial charge on any atom is -0.497 e. The smallest absolute Gasteiger partial charge is 0.119 e. The first-order valence-corrected chi connectivity index (χ1v) is 6.81. The quantitative estimate of drug-likeness (QED) is 0.785. The van der Waals surface area contributed by atoms with Gasteiger partial charge in [0, 0.05) is 13.1 Å². The zero-order valence-electron chi connectivity index (χ0n) is 12.1. The van der Waals surface area contributed by atoms with Gasteiger partial charge in [-0.2, -0.15) is 0 Å². The van der Waals surface area contributed by atoms with Crippen LogP contribution in [0.1, 0.15) is 11.1 Å². The highest BCUT2D eigenvalue weighted by Crippen LogP contribution is 2.12. The Kier molecular flexibility index (Phi) is 5.44. The molecule has 0 atom stereocenters. The standard InChI is InChI=1S/C17H21NO2/c1-14-3-7-17(8-4-14)20-12-11-18-13-15-5-9-16(19-2)10-6-15/h3-10,18H,11-13H2,1-2H3. The molecule has 0 bridgehead atoms. The van der Waals surface area contributed by atoms with Crippen LogP contribution in [0, 0.1) is 6.92 Å². The molecule has 0 radical (unpaired) electrons. The van der Waals surface area contributed by atoms with Crippen molar-refractivity contribution in [1.29, 1.82) is 0 Å². The lowest BCUT2D eigenvalue weighted by molar-refractivity contribution is 0.313. The fourth-order valence-electron chi connectivity index (χ4n) is 1.85. The summed E-state index contributed by atoms with van der Waals surface area (Å²) in [5.41, 5.74) is 2.48. The predicted octanol–water partition coefficient (Wildman–Crippen LogP) is 3.17. The number of methoxy groups -OCH3 is 1. The van der Waals surface area contributed by atoms with Gasteiger partial charge in [0.15, 0.2) is 0 Å². The average molecular weight is 271 g/mol. The molecule has 0 fully saturated rings. The Morgan fingerprint density at radius 1 is 0.900 bits per heavy atom. The molecule has 3 heteroatoms. The second kappa shape index (κ2) is 7.56. The Morgan fingerprint density at radius 3 is 2.20 bits per heavy atom. The molecule has 0 heterocycles. The Labute approximate surface area is 120 Å². The van der Waals surface area contributed by atoms with Gasteiger partial charge in [-0.3, -0.25) is 0 Å². The van der Waals surface area contributed by atoms with E-state index in [-0.39, 0.29) is 0 Å². The largest absolute Gasteiger partial charge is 0.497 e. The predicted molar refractivity (Wildman–Crippen MR) is 81.4 cm³/mol. The van der Waals surface area contributed by atoms with Crippen molar-refractivity contribution in [3.63, 3.8) is 0 Å². The van der Waals surface area contributed by atoms with Gasteiger partial charge in [-0.1, -0.05) is 29.8 Å². The minimum atomic E-state index is 0.666. The van der Waals surface area contributed by atoms with E-state index in [1.54, 1.807) is 7.11 Å². The van der Waals surface area contributed by atoms with E-state index >= 15 is 0 Å². The van der Waals surface area contributed by atoms with Gasteiger partial charge in [0.2, 0.25) is 0 Å². The highest BCUT2D eigenvalue weighted by atomic mass is 16.5. The first-order chi connectivity index (χ1) is 9.78. The highest BCUT2D eigenvalue weighted by molar-refractivity contribution is 5.27. The average Bonchev–Trinajstić information content (AvgIpc) is 2.49. The molecule has 106 valence electrons. The lowest BCUT2D eigenvalue weighted by atomic mass is 10.2. The summed E-state index contributed by atoms with van der Waals surface area (Å²) in [5, 5.41) is 3.35. The van der Waals surface area contributed by atoms with Crippen molar-refractivity contribution in [3.8, 4) is 11.5 Å². The number of nitrogens with one attached hydrogen (secondary N) is 1. The Hall–Kier alpha value is -2.00. The van der Waals surface area contributed by atoms with E-state index in [9.17, 15) is 0 Å². The van der Waals surface area contributed by atoms with E-state index in [0.717, 1.165) is 24.6 Å². The molecular weight excluding hydrogens is 250 g/mol. The fraction of sp³-hybridized carbons (Fsp3) is 0.294. The molecule has 0 aromatic heterocycles. The number of benzene rings is 2. The molecular formula is C17H21NO2. The summed E-state index contributed by atoms with van der Waals surface area (Å²) in [6, 6.07) is 16.2. The van der Waals surface area contributed by atoms with E-state index in [2.05, 4.69) is 36.5 Å². The van der Waals surface area contributed by atoms with Crippen molar-refractivity contribution in [2.75, 3.05) is 20.3 Å². The molecule has 0 aliphatic carbocycles. The van der Waals surface area contributed by atoms with E-state index in [1.165, 1.54) is 11.1 Å². The van der Waals surface area contributed by atoms with Crippen molar-refractivity contribution in [2.24, 2.45) is 0 Å². The van der Waals surface area contributed by atoms with Crippen LogP contribution in [0.4, 0.5) is 0 Å². The van der Waals surface area contributed by atoms with Gasteiger partial charge >= 0.3 is 0 Å². The zero-order valence-corrected chi connectivity index (χ0v) is 12.1. The Morgan fingerprint density at radius 2 is 1.55 bits per heavy atom. The van der Waals surface area contributed by atoms with Crippen LogP contribution in [0.15, 0.2) is 48.5 Å². The van der Waals surface area contributed by atoms with Crippen LogP contribution in [0.5, 0.6) is 11.5 Å². The third-order valence-corrected chi connectivity index (χ3v) is 3.06. The van der Waals surface area contributed by atoms with Gasteiger partial charge in [0.25, 0.3) is 0 Å². The Bertz CT molecular complexity index is 506. The van der Waals surface area contributed by atoms with Gasteiger partial charge in [0.1, 0.15) is 18.1 Å². The van der Waals surface area contributed by atoms with Crippen LogP contribution >= 0.6 is 0 Å². The summed E-state index contributed by atoms with van der Waals surface area (Å²) in [6.07, 6.45) is 0. The monoisotopic (exact) mass is 271 g/mol. The summed E-state index contributed by atoms with van der Waals surface area (Å²) in [5.74, 6) is 1.80. The van der Waals surface area contributed by atoms with Gasteiger partial charge in [-0.15, -0.1) is 0 Å². The molecule has 0 saturated carbocycles. The molecule has 2 rings (SSSR count). The van der Waals surface area contributed by atoms with Crippen LogP contribution in [-0.2, 0) is 6.54 Å². The third-order valence-electron chi connectivity index (χ3n) is 3.06. The normalized spacial score (nSPS) is 10.3. The summed E-state index contributed by atoms with van der Waals surface area (Å²) >= 11 is 0. The summed E-state index contributed by atoms with van der Waals surface area (Å²) in [7, 11) is 1.68. The third kappa shape index (κ3) is 4.59. The van der Waals surface area contributed by atoms with E-state index in [1.807, 2.05) is 24.3 Å². The van der Waals surface area contributed by atoms with Gasteiger partial charge < -0.3 is 14.8 Å². The number of aryl methyl sites for hydroxylation is 1. The van der Waals surface area contributed by atoms with E-state index in [0.29, 0.717) is 6.61 Å². The molecule has 1 N–H and O–H groups in total. The molecule has 0 unspecified atom stereocenters. The molecule has 2 aromatic carbocycles. The molecule has 20 heavy (non-hydrogen) atoms. The number of hydrogen-bond donors (Lipinski definition) is 1. The topological polar surface area (TPSA) is 30.5 Å². The number of ether oxygens (including phenoxy) is 2. The van der Waals surface area contributed by atoms with Crippen LogP contribution in [0.2, 0.25) is 0 Å². The molecule has 0 aliphatic heterocycles. The summed E-state index contributed by atoms with van der Waals surface area (Å²) < 4.78 is 10.8. The van der Waals surface area contributed by atoms with Crippen LogP contribution in [-0.4, -0.2) is 20.3 Å². The maximum atomic E-state index is 5.65. The van der Waals surface area contributed by atoms with Crippen molar-refractivity contribution < 1.29 is 9.47 Å². The molecule has 0 saturated heterocycles. The number of hydrogen-bond acceptors (Lipinski definition) is 3. The van der Waals surface area contributed by atoms with E-state index in [4.69, 9.17) is 9.47 Å². The van der Waals surface area contributed by atoms with Gasteiger partial charge in [-0.25, -0.2) is 0 Å². The maximum Gasteiger partial charge on any atom is 0.119 e. The molecule has 0 amide bonds. The summed E-state index contributed by atoms with van der Waals surface area (Å²) in [6.45, 7) is 4.39. The van der Waals surface area contributed by atoms with Crippen LogP contribution < -0.4 is 14.8 Å².